The third-order valence-electron chi connectivity index (χ3n) is 2.89. The maximum Gasteiger partial charge on any atom is 0.0519 e. The van der Waals surface area contributed by atoms with Crippen molar-refractivity contribution in [3.63, 3.8) is 0 Å². The summed E-state index contributed by atoms with van der Waals surface area (Å²) < 4.78 is 0. The van der Waals surface area contributed by atoms with Crippen molar-refractivity contribution in [3.05, 3.63) is 12.2 Å². The molecular formula is C10H20OSi. The summed E-state index contributed by atoms with van der Waals surface area (Å²) in [6.07, 6.45) is 5.68. The molecule has 12 heavy (non-hydrogen) atoms. The van der Waals surface area contributed by atoms with Gasteiger partial charge in [0.1, 0.15) is 0 Å². The van der Waals surface area contributed by atoms with Crippen molar-refractivity contribution >= 4 is 8.07 Å². The van der Waals surface area contributed by atoms with Gasteiger partial charge in [-0.05, 0) is 12.0 Å². The Balaban J connectivity index is 2.65. The summed E-state index contributed by atoms with van der Waals surface area (Å²) in [6, 6.07) is 0. The van der Waals surface area contributed by atoms with Crippen LogP contribution in [0.2, 0.25) is 25.2 Å². The number of rotatable bonds is 2. The van der Waals surface area contributed by atoms with E-state index in [1.54, 1.807) is 0 Å². The molecular weight excluding hydrogens is 164 g/mol. The Labute approximate surface area is 76.5 Å². The van der Waals surface area contributed by atoms with E-state index in [1.807, 2.05) is 0 Å². The van der Waals surface area contributed by atoms with E-state index in [-0.39, 0.29) is 5.41 Å². The van der Waals surface area contributed by atoms with Gasteiger partial charge in [0.2, 0.25) is 0 Å². The van der Waals surface area contributed by atoms with Crippen molar-refractivity contribution in [1.82, 2.24) is 0 Å². The summed E-state index contributed by atoms with van der Waals surface area (Å²) in [4.78, 5) is 0. The zero-order valence-electron chi connectivity index (χ0n) is 8.59. The van der Waals surface area contributed by atoms with Gasteiger partial charge in [-0.15, -0.1) is 0 Å². The molecule has 0 bridgehead atoms. The third-order valence-corrected chi connectivity index (χ3v) is 5.51. The van der Waals surface area contributed by atoms with Crippen LogP contribution in [0.1, 0.15) is 13.3 Å². The number of aliphatic hydroxyl groups excluding tert-OH is 1. The van der Waals surface area contributed by atoms with Gasteiger partial charge in [0.25, 0.3) is 0 Å². The van der Waals surface area contributed by atoms with Crippen molar-refractivity contribution < 1.29 is 5.11 Å². The summed E-state index contributed by atoms with van der Waals surface area (Å²) in [6.45, 7) is 9.62. The number of hydrogen-bond donors (Lipinski definition) is 1. The molecule has 0 amide bonds. The summed E-state index contributed by atoms with van der Waals surface area (Å²) in [5.41, 5.74) is 0.833. The Hall–Kier alpha value is -0.0831. The Bertz CT molecular complexity index is 193. The lowest BCUT2D eigenvalue weighted by atomic mass is 9.92. The highest BCUT2D eigenvalue weighted by Crippen LogP contribution is 2.43. The highest BCUT2D eigenvalue weighted by molar-refractivity contribution is 6.78. The van der Waals surface area contributed by atoms with Gasteiger partial charge in [-0.25, -0.2) is 0 Å². The van der Waals surface area contributed by atoms with Crippen molar-refractivity contribution in [3.8, 4) is 0 Å². The average Bonchev–Trinajstić information content (AvgIpc) is 2.32. The van der Waals surface area contributed by atoms with Crippen LogP contribution in [0, 0.1) is 5.41 Å². The smallest absolute Gasteiger partial charge is 0.0519 e. The monoisotopic (exact) mass is 184 g/mol. The first kappa shape index (κ1) is 10.0. The molecule has 1 N–H and O–H groups in total. The van der Waals surface area contributed by atoms with E-state index in [0.29, 0.717) is 6.61 Å². The first-order chi connectivity index (χ1) is 5.37. The minimum absolute atomic E-state index is 0.0744. The molecule has 1 aliphatic carbocycles. The summed E-state index contributed by atoms with van der Waals surface area (Å²) >= 11 is 0. The highest BCUT2D eigenvalue weighted by atomic mass is 28.3. The zero-order valence-corrected chi connectivity index (χ0v) is 9.59. The van der Waals surface area contributed by atoms with Crippen molar-refractivity contribution in [2.75, 3.05) is 6.61 Å². The standard InChI is InChI=1S/C10H20OSi/c1-10(8-11)6-5-9(7-10)12(2,3)4/h5-6,9,11H,7-8H2,1-4H3. The van der Waals surface area contributed by atoms with Gasteiger partial charge in [0, 0.05) is 5.41 Å². The van der Waals surface area contributed by atoms with Crippen LogP contribution in [0.15, 0.2) is 12.2 Å². The van der Waals surface area contributed by atoms with E-state index in [2.05, 4.69) is 38.7 Å². The maximum absolute atomic E-state index is 9.17. The fourth-order valence-electron chi connectivity index (χ4n) is 1.70. The third kappa shape index (κ3) is 1.99. The number of aliphatic hydroxyl groups is 1. The average molecular weight is 184 g/mol. The highest BCUT2D eigenvalue weighted by Gasteiger charge is 2.36. The Kier molecular flexibility index (Phi) is 2.50. The summed E-state index contributed by atoms with van der Waals surface area (Å²) in [5.74, 6) is 0. The molecule has 2 heteroatoms. The molecule has 0 heterocycles. The van der Waals surface area contributed by atoms with Gasteiger partial charge in [0.05, 0.1) is 14.7 Å². The van der Waals surface area contributed by atoms with Crippen LogP contribution in [0.3, 0.4) is 0 Å². The molecule has 2 atom stereocenters. The van der Waals surface area contributed by atoms with Crippen LogP contribution in [-0.4, -0.2) is 19.8 Å². The van der Waals surface area contributed by atoms with Crippen LogP contribution >= 0.6 is 0 Å². The maximum atomic E-state index is 9.17. The topological polar surface area (TPSA) is 20.2 Å². The molecule has 0 radical (unpaired) electrons. The van der Waals surface area contributed by atoms with Gasteiger partial charge >= 0.3 is 0 Å². The molecule has 0 fully saturated rings. The van der Waals surface area contributed by atoms with Gasteiger partial charge in [-0.2, -0.15) is 0 Å². The van der Waals surface area contributed by atoms with Crippen molar-refractivity contribution in [1.29, 1.82) is 0 Å². The second-order valence-corrected chi connectivity index (χ2v) is 10.8. The molecule has 1 aliphatic rings. The minimum atomic E-state index is -1.03. The molecule has 0 aromatic carbocycles. The van der Waals surface area contributed by atoms with Crippen LogP contribution in [-0.2, 0) is 0 Å². The Morgan fingerprint density at radius 3 is 2.33 bits per heavy atom. The quantitative estimate of drug-likeness (QED) is 0.517. The second kappa shape index (κ2) is 3.00. The van der Waals surface area contributed by atoms with Crippen molar-refractivity contribution in [2.24, 2.45) is 5.41 Å². The van der Waals surface area contributed by atoms with Crippen LogP contribution in [0.25, 0.3) is 0 Å². The predicted molar refractivity (Wildman–Crippen MR) is 56.0 cm³/mol. The Morgan fingerprint density at radius 2 is 2.08 bits per heavy atom. The van der Waals surface area contributed by atoms with E-state index in [4.69, 9.17) is 0 Å². The number of hydrogen-bond acceptors (Lipinski definition) is 1. The molecule has 70 valence electrons. The summed E-state index contributed by atoms with van der Waals surface area (Å²) in [7, 11) is -1.03. The van der Waals surface area contributed by atoms with Gasteiger partial charge in [-0.1, -0.05) is 38.7 Å². The van der Waals surface area contributed by atoms with E-state index in [9.17, 15) is 5.11 Å². The predicted octanol–water partition coefficient (Wildman–Crippen LogP) is 2.65. The molecule has 0 aliphatic heterocycles. The Morgan fingerprint density at radius 1 is 1.50 bits per heavy atom. The lowest BCUT2D eigenvalue weighted by Gasteiger charge is -2.27. The molecule has 0 saturated heterocycles. The van der Waals surface area contributed by atoms with Crippen molar-refractivity contribution in [2.45, 2.75) is 38.5 Å². The first-order valence-electron chi connectivity index (χ1n) is 4.68. The van der Waals surface area contributed by atoms with E-state index in [1.165, 1.54) is 0 Å². The molecule has 0 aromatic rings. The fourth-order valence-corrected chi connectivity index (χ4v) is 3.45. The summed E-state index contributed by atoms with van der Waals surface area (Å²) in [5, 5.41) is 9.17. The van der Waals surface area contributed by atoms with Gasteiger partial charge in [0.15, 0.2) is 0 Å². The molecule has 2 unspecified atom stereocenters. The molecule has 1 rings (SSSR count). The molecule has 0 spiro atoms. The largest absolute Gasteiger partial charge is 0.395 e. The zero-order chi connectivity index (χ0) is 9.41. The normalized spacial score (nSPS) is 35.9. The van der Waals surface area contributed by atoms with Crippen LogP contribution < -0.4 is 0 Å². The lowest BCUT2D eigenvalue weighted by molar-refractivity contribution is 0.183. The van der Waals surface area contributed by atoms with Crippen LogP contribution in [0.4, 0.5) is 0 Å². The first-order valence-corrected chi connectivity index (χ1v) is 8.25. The number of allylic oxidation sites excluding steroid dienone is 1. The van der Waals surface area contributed by atoms with Gasteiger partial charge in [-0.3, -0.25) is 0 Å². The van der Waals surface area contributed by atoms with E-state index < -0.39 is 8.07 Å². The van der Waals surface area contributed by atoms with E-state index >= 15 is 0 Å². The van der Waals surface area contributed by atoms with Crippen LogP contribution in [0.5, 0.6) is 0 Å². The SMILES string of the molecule is CC1(CO)C=CC([Si](C)(C)C)C1. The lowest BCUT2D eigenvalue weighted by Crippen LogP contribution is -2.28. The molecule has 0 aromatic heterocycles. The van der Waals surface area contributed by atoms with E-state index in [0.717, 1.165) is 12.0 Å². The minimum Gasteiger partial charge on any atom is -0.395 e. The second-order valence-electron chi connectivity index (χ2n) is 5.35. The van der Waals surface area contributed by atoms with Gasteiger partial charge < -0.3 is 5.11 Å². The molecule has 0 saturated carbocycles. The molecule has 1 nitrogen and oxygen atoms in total. The fraction of sp³-hybridized carbons (Fsp3) is 0.800.